The predicted octanol–water partition coefficient (Wildman–Crippen LogP) is 4.57. The average Bonchev–Trinajstić information content (AvgIpc) is 2.29. The van der Waals surface area contributed by atoms with Gasteiger partial charge in [0.2, 0.25) is 0 Å². The molecule has 0 saturated carbocycles. The quantitative estimate of drug-likeness (QED) is 0.815. The van der Waals surface area contributed by atoms with Crippen molar-refractivity contribution in [2.24, 2.45) is 5.41 Å². The lowest BCUT2D eigenvalue weighted by Crippen LogP contribution is -2.34. The molecule has 0 aromatic heterocycles. The Labute approximate surface area is 108 Å². The molecule has 17 heavy (non-hydrogen) atoms. The highest BCUT2D eigenvalue weighted by Gasteiger charge is 2.30. The molecule has 96 valence electrons. The molecule has 1 N–H and O–H groups in total. The van der Waals surface area contributed by atoms with Crippen LogP contribution in [0.15, 0.2) is 18.2 Å². The number of hydrogen-bond acceptors (Lipinski definition) is 1. The van der Waals surface area contributed by atoms with E-state index in [4.69, 9.17) is 11.6 Å². The minimum atomic E-state index is -0.237. The van der Waals surface area contributed by atoms with Gasteiger partial charge in [-0.3, -0.25) is 0 Å². The Balaban J connectivity index is 3.17. The van der Waals surface area contributed by atoms with Crippen LogP contribution in [0, 0.1) is 11.2 Å². The number of halogens is 2. The summed E-state index contributed by atoms with van der Waals surface area (Å²) in [5.74, 6) is -0.237. The first-order valence-corrected chi connectivity index (χ1v) is 6.48. The standard InChI is InChI=1S/C14H21ClFN/c1-5-14(3,4)13(17-6-2)11-9-10(16)7-8-12(11)15/h7-9,13,17H,5-6H2,1-4H3. The van der Waals surface area contributed by atoms with Crippen LogP contribution in [0.25, 0.3) is 0 Å². The first-order valence-electron chi connectivity index (χ1n) is 6.10. The maximum absolute atomic E-state index is 13.4. The van der Waals surface area contributed by atoms with E-state index in [0.717, 1.165) is 18.5 Å². The molecule has 1 unspecified atom stereocenters. The molecule has 1 aromatic carbocycles. The number of hydrogen-bond donors (Lipinski definition) is 1. The van der Waals surface area contributed by atoms with Gasteiger partial charge in [-0.15, -0.1) is 0 Å². The zero-order chi connectivity index (χ0) is 13.1. The van der Waals surface area contributed by atoms with E-state index in [0.29, 0.717) is 5.02 Å². The second-order valence-corrected chi connectivity index (χ2v) is 5.41. The van der Waals surface area contributed by atoms with Crippen molar-refractivity contribution in [3.8, 4) is 0 Å². The molecule has 3 heteroatoms. The van der Waals surface area contributed by atoms with Crippen molar-refractivity contribution in [3.63, 3.8) is 0 Å². The Bertz CT molecular complexity index is 376. The second kappa shape index (κ2) is 5.83. The normalized spacial score (nSPS) is 13.8. The zero-order valence-electron chi connectivity index (χ0n) is 11.0. The predicted molar refractivity (Wildman–Crippen MR) is 71.9 cm³/mol. The van der Waals surface area contributed by atoms with Gasteiger partial charge in [-0.2, -0.15) is 0 Å². The summed E-state index contributed by atoms with van der Waals surface area (Å²) in [4.78, 5) is 0. The molecule has 0 radical (unpaired) electrons. The molecule has 1 rings (SSSR count). The summed E-state index contributed by atoms with van der Waals surface area (Å²) >= 11 is 6.18. The van der Waals surface area contributed by atoms with Crippen LogP contribution >= 0.6 is 11.6 Å². The van der Waals surface area contributed by atoms with Gasteiger partial charge in [0, 0.05) is 11.1 Å². The van der Waals surface area contributed by atoms with Gasteiger partial charge < -0.3 is 5.32 Å². The van der Waals surface area contributed by atoms with Crippen LogP contribution in [0.3, 0.4) is 0 Å². The lowest BCUT2D eigenvalue weighted by Gasteiger charge is -2.35. The van der Waals surface area contributed by atoms with Gasteiger partial charge >= 0.3 is 0 Å². The van der Waals surface area contributed by atoms with Crippen LogP contribution in [0.4, 0.5) is 4.39 Å². The van der Waals surface area contributed by atoms with Gasteiger partial charge in [0.25, 0.3) is 0 Å². The third kappa shape index (κ3) is 3.43. The number of nitrogens with one attached hydrogen (secondary N) is 1. The Hall–Kier alpha value is -0.600. The molecule has 0 saturated heterocycles. The Morgan fingerprint density at radius 2 is 2.00 bits per heavy atom. The largest absolute Gasteiger partial charge is 0.310 e. The molecule has 0 amide bonds. The van der Waals surface area contributed by atoms with Crippen LogP contribution < -0.4 is 5.32 Å². The van der Waals surface area contributed by atoms with E-state index in [1.54, 1.807) is 6.07 Å². The molecule has 0 bridgehead atoms. The van der Waals surface area contributed by atoms with Crippen molar-refractivity contribution in [3.05, 3.63) is 34.6 Å². The third-order valence-corrected chi connectivity index (χ3v) is 3.71. The molecule has 0 aliphatic rings. The smallest absolute Gasteiger partial charge is 0.123 e. The Kier molecular flexibility index (Phi) is 4.96. The molecule has 0 fully saturated rings. The highest BCUT2D eigenvalue weighted by molar-refractivity contribution is 6.31. The Morgan fingerprint density at radius 3 is 2.53 bits per heavy atom. The minimum Gasteiger partial charge on any atom is -0.310 e. The second-order valence-electron chi connectivity index (χ2n) is 5.00. The first-order chi connectivity index (χ1) is 7.92. The summed E-state index contributed by atoms with van der Waals surface area (Å²) in [6.07, 6.45) is 0.998. The van der Waals surface area contributed by atoms with Gasteiger partial charge in [0.15, 0.2) is 0 Å². The summed E-state index contributed by atoms with van der Waals surface area (Å²) in [6.45, 7) is 9.35. The molecule has 1 nitrogen and oxygen atoms in total. The fraction of sp³-hybridized carbons (Fsp3) is 0.571. The van der Waals surface area contributed by atoms with Crippen LogP contribution in [0.2, 0.25) is 5.02 Å². The fourth-order valence-corrected chi connectivity index (χ4v) is 2.18. The zero-order valence-corrected chi connectivity index (χ0v) is 11.7. The van der Waals surface area contributed by atoms with Gasteiger partial charge in [0.1, 0.15) is 5.82 Å². The van der Waals surface area contributed by atoms with Gasteiger partial charge in [-0.25, -0.2) is 4.39 Å². The summed E-state index contributed by atoms with van der Waals surface area (Å²) in [6, 6.07) is 4.63. The highest BCUT2D eigenvalue weighted by atomic mass is 35.5. The van der Waals surface area contributed by atoms with Gasteiger partial charge in [-0.1, -0.05) is 39.3 Å². The summed E-state index contributed by atoms with van der Waals surface area (Å²) in [5.41, 5.74) is 0.883. The Morgan fingerprint density at radius 1 is 1.35 bits per heavy atom. The van der Waals surface area contributed by atoms with Crippen LogP contribution in [0.1, 0.15) is 45.7 Å². The fourth-order valence-electron chi connectivity index (χ4n) is 1.95. The van der Waals surface area contributed by atoms with Crippen molar-refractivity contribution in [1.29, 1.82) is 0 Å². The van der Waals surface area contributed by atoms with Crippen molar-refractivity contribution in [2.75, 3.05) is 6.54 Å². The highest BCUT2D eigenvalue weighted by Crippen LogP contribution is 2.39. The summed E-state index contributed by atoms with van der Waals surface area (Å²) < 4.78 is 13.4. The molecular weight excluding hydrogens is 237 g/mol. The monoisotopic (exact) mass is 257 g/mol. The van der Waals surface area contributed by atoms with Crippen LogP contribution in [0.5, 0.6) is 0 Å². The topological polar surface area (TPSA) is 12.0 Å². The van der Waals surface area contributed by atoms with E-state index < -0.39 is 0 Å². The lowest BCUT2D eigenvalue weighted by atomic mass is 9.78. The molecule has 0 aliphatic carbocycles. The van der Waals surface area contributed by atoms with E-state index in [1.165, 1.54) is 12.1 Å². The van der Waals surface area contributed by atoms with Crippen molar-refractivity contribution >= 4 is 11.6 Å². The van der Waals surface area contributed by atoms with Gasteiger partial charge in [-0.05, 0) is 42.1 Å². The molecule has 1 aromatic rings. The van der Waals surface area contributed by atoms with E-state index in [-0.39, 0.29) is 17.3 Å². The van der Waals surface area contributed by atoms with Crippen LogP contribution in [-0.4, -0.2) is 6.54 Å². The average molecular weight is 258 g/mol. The number of rotatable bonds is 5. The van der Waals surface area contributed by atoms with E-state index in [1.807, 2.05) is 6.92 Å². The summed E-state index contributed by atoms with van der Waals surface area (Å²) in [5, 5.41) is 4.03. The lowest BCUT2D eigenvalue weighted by molar-refractivity contribution is 0.237. The third-order valence-electron chi connectivity index (χ3n) is 3.37. The summed E-state index contributed by atoms with van der Waals surface area (Å²) in [7, 11) is 0. The van der Waals surface area contributed by atoms with E-state index in [2.05, 4.69) is 26.1 Å². The van der Waals surface area contributed by atoms with Gasteiger partial charge in [0.05, 0.1) is 0 Å². The molecule has 0 heterocycles. The first kappa shape index (κ1) is 14.5. The van der Waals surface area contributed by atoms with Crippen molar-refractivity contribution in [1.82, 2.24) is 5.32 Å². The maximum atomic E-state index is 13.4. The molecule has 1 atom stereocenters. The van der Waals surface area contributed by atoms with Crippen molar-refractivity contribution in [2.45, 2.75) is 40.2 Å². The minimum absolute atomic E-state index is 0.0352. The molecular formula is C14H21ClFN. The van der Waals surface area contributed by atoms with E-state index in [9.17, 15) is 4.39 Å². The maximum Gasteiger partial charge on any atom is 0.123 e. The van der Waals surface area contributed by atoms with E-state index >= 15 is 0 Å². The SMILES string of the molecule is CCNC(c1cc(F)ccc1Cl)C(C)(C)CC. The van der Waals surface area contributed by atoms with Crippen LogP contribution in [-0.2, 0) is 0 Å². The number of benzene rings is 1. The van der Waals surface area contributed by atoms with Crippen molar-refractivity contribution < 1.29 is 4.39 Å². The molecule has 0 aliphatic heterocycles. The molecule has 0 spiro atoms.